The lowest BCUT2D eigenvalue weighted by Crippen LogP contribution is -2.59. The maximum absolute atomic E-state index is 12.0. The molecule has 4 rings (SSSR count). The van der Waals surface area contributed by atoms with Gasteiger partial charge in [0.1, 0.15) is 6.10 Å². The number of rotatable bonds is 0. The molecule has 0 N–H and O–H groups in total. The van der Waals surface area contributed by atoms with Crippen molar-refractivity contribution in [1.82, 2.24) is 4.47 Å². The van der Waals surface area contributed by atoms with Gasteiger partial charge >= 0.3 is 5.97 Å². The smallest absolute Gasteiger partial charge is 0.360 e. The van der Waals surface area contributed by atoms with Gasteiger partial charge in [-0.15, -0.1) is 0 Å². The summed E-state index contributed by atoms with van der Waals surface area (Å²) in [7, 11) is -3.48. The lowest BCUT2D eigenvalue weighted by atomic mass is 9.62. The van der Waals surface area contributed by atoms with Gasteiger partial charge < -0.3 is 4.74 Å². The van der Waals surface area contributed by atoms with Crippen molar-refractivity contribution in [1.29, 1.82) is 0 Å². The minimum absolute atomic E-state index is 0.00139. The zero-order valence-corrected chi connectivity index (χ0v) is 10.4. The maximum atomic E-state index is 12.0. The van der Waals surface area contributed by atoms with E-state index in [1.54, 1.807) is 0 Å². The van der Waals surface area contributed by atoms with Gasteiger partial charge in [-0.05, 0) is 17.3 Å². The Balaban J connectivity index is 2.02. The van der Waals surface area contributed by atoms with Crippen LogP contribution in [0.3, 0.4) is 0 Å². The molecule has 3 heterocycles. The number of fused-ring (bicyclic) bond motifs is 1. The van der Waals surface area contributed by atoms with Crippen LogP contribution in [0.25, 0.3) is 0 Å². The molecule has 6 nitrogen and oxygen atoms in total. The van der Waals surface area contributed by atoms with Crippen molar-refractivity contribution >= 4 is 16.0 Å². The van der Waals surface area contributed by atoms with E-state index in [9.17, 15) is 13.2 Å². The molecule has 0 radical (unpaired) electrons. The molecule has 1 aliphatic carbocycles. The van der Waals surface area contributed by atoms with Crippen LogP contribution in [0.2, 0.25) is 0 Å². The summed E-state index contributed by atoms with van der Waals surface area (Å²) in [6.45, 7) is 3.94. The van der Waals surface area contributed by atoms with Gasteiger partial charge in [-0.3, -0.25) is 0 Å². The van der Waals surface area contributed by atoms with Crippen molar-refractivity contribution in [2.24, 2.45) is 10.8 Å². The summed E-state index contributed by atoms with van der Waals surface area (Å²) in [6, 6.07) is 0. The van der Waals surface area contributed by atoms with Crippen LogP contribution in [0.15, 0.2) is 0 Å². The van der Waals surface area contributed by atoms with Gasteiger partial charge in [0.05, 0.1) is 11.2 Å². The van der Waals surface area contributed by atoms with Crippen LogP contribution in [-0.4, -0.2) is 36.4 Å². The van der Waals surface area contributed by atoms with Crippen molar-refractivity contribution < 1.29 is 22.8 Å². The van der Waals surface area contributed by atoms with Crippen LogP contribution in [0.5, 0.6) is 0 Å². The Morgan fingerprint density at radius 2 is 2.12 bits per heavy atom. The predicted octanol–water partition coefficient (Wildman–Crippen LogP) is 0.00510. The van der Waals surface area contributed by atoms with Crippen molar-refractivity contribution in [3.8, 4) is 0 Å². The summed E-state index contributed by atoms with van der Waals surface area (Å²) < 4.78 is 30.2. The highest BCUT2D eigenvalue weighted by atomic mass is 32.2. The first kappa shape index (κ1) is 10.3. The Morgan fingerprint density at radius 1 is 1.41 bits per heavy atom. The van der Waals surface area contributed by atoms with Crippen molar-refractivity contribution in [2.45, 2.75) is 38.5 Å². The first-order valence-corrected chi connectivity index (χ1v) is 7.32. The number of hydrogen-bond donors (Lipinski definition) is 0. The number of hydrogen-bond acceptors (Lipinski definition) is 5. The highest BCUT2D eigenvalue weighted by Crippen LogP contribution is 2.73. The van der Waals surface area contributed by atoms with Gasteiger partial charge in [-0.1, -0.05) is 13.8 Å². The highest BCUT2D eigenvalue weighted by molar-refractivity contribution is 7.89. The minimum Gasteiger partial charge on any atom is -0.458 e. The van der Waals surface area contributed by atoms with Crippen molar-refractivity contribution in [3.05, 3.63) is 0 Å². The number of sulfonamides is 1. The zero-order chi connectivity index (χ0) is 12.3. The lowest BCUT2D eigenvalue weighted by molar-refractivity contribution is -0.187. The normalized spacial score (nSPS) is 56.0. The average Bonchev–Trinajstić information content (AvgIpc) is 2.89. The molecular formula is C10H13NO5S. The standard InChI is InChI=1S/C10H13NO5S/c1-8(2)6-3-4-9(8)5-17(13,14)11-10(9,16-11)7(12)15-6/h6H,3-5H2,1-2H3. The quantitative estimate of drug-likeness (QED) is 0.452. The molecule has 3 aliphatic heterocycles. The van der Waals surface area contributed by atoms with Crippen LogP contribution in [0.1, 0.15) is 26.7 Å². The Morgan fingerprint density at radius 3 is 2.76 bits per heavy atom. The Hall–Kier alpha value is -0.660. The summed E-state index contributed by atoms with van der Waals surface area (Å²) in [4.78, 5) is 17.2. The number of ether oxygens (including phenoxy) is 1. The molecule has 17 heavy (non-hydrogen) atoms. The van der Waals surface area contributed by atoms with Crippen LogP contribution in [0.4, 0.5) is 0 Å². The van der Waals surface area contributed by atoms with Gasteiger partial charge in [0.15, 0.2) is 0 Å². The zero-order valence-electron chi connectivity index (χ0n) is 9.60. The molecule has 1 saturated carbocycles. The number of carbonyl (C=O) groups excluding carboxylic acids is 1. The number of carbonyl (C=O) groups is 1. The predicted molar refractivity (Wildman–Crippen MR) is 54.8 cm³/mol. The van der Waals surface area contributed by atoms with Crippen LogP contribution < -0.4 is 0 Å². The third-order valence-electron chi connectivity index (χ3n) is 5.17. The van der Waals surface area contributed by atoms with E-state index in [1.807, 2.05) is 13.8 Å². The van der Waals surface area contributed by atoms with E-state index in [4.69, 9.17) is 9.57 Å². The van der Waals surface area contributed by atoms with E-state index in [1.165, 1.54) is 0 Å². The van der Waals surface area contributed by atoms with Crippen LogP contribution in [-0.2, 0) is 24.4 Å². The fraction of sp³-hybridized carbons (Fsp3) is 0.900. The molecule has 4 atom stereocenters. The van der Waals surface area contributed by atoms with Gasteiger partial charge in [-0.25, -0.2) is 18.0 Å². The van der Waals surface area contributed by atoms with E-state index in [0.717, 1.165) is 4.47 Å². The van der Waals surface area contributed by atoms with E-state index >= 15 is 0 Å². The first-order chi connectivity index (χ1) is 7.78. The summed E-state index contributed by atoms with van der Waals surface area (Å²) in [6.07, 6.45) is 1.18. The molecule has 4 fully saturated rings. The Kier molecular flexibility index (Phi) is 1.37. The summed E-state index contributed by atoms with van der Waals surface area (Å²) in [5.74, 6) is -0.529. The topological polar surface area (TPSA) is 76.0 Å². The van der Waals surface area contributed by atoms with Gasteiger partial charge in [0.2, 0.25) is 10.0 Å². The van der Waals surface area contributed by atoms with E-state index < -0.39 is 27.1 Å². The number of hydroxylamine groups is 1. The maximum Gasteiger partial charge on any atom is 0.360 e. The molecule has 2 spiro atoms. The molecule has 0 aromatic rings. The SMILES string of the molecule is CC1(C)C2CCC13CS(=O)(=O)N1OC13C(=O)O2. The molecule has 2 bridgehead atoms. The molecule has 7 heteroatoms. The fourth-order valence-electron chi connectivity index (χ4n) is 4.04. The van der Waals surface area contributed by atoms with Crippen molar-refractivity contribution in [2.75, 3.05) is 5.75 Å². The fourth-order valence-corrected chi connectivity index (χ4v) is 6.35. The lowest BCUT2D eigenvalue weighted by Gasteiger charge is -2.46. The molecule has 4 aliphatic rings. The summed E-state index contributed by atoms with van der Waals surface area (Å²) >= 11 is 0. The van der Waals surface area contributed by atoms with Crippen LogP contribution in [0, 0.1) is 10.8 Å². The molecule has 0 amide bonds. The molecule has 0 aromatic heterocycles. The van der Waals surface area contributed by atoms with Crippen molar-refractivity contribution in [3.63, 3.8) is 0 Å². The summed E-state index contributed by atoms with van der Waals surface area (Å²) in [5, 5.41) is 0. The largest absolute Gasteiger partial charge is 0.458 e. The highest BCUT2D eigenvalue weighted by Gasteiger charge is 2.91. The average molecular weight is 259 g/mol. The first-order valence-electron chi connectivity index (χ1n) is 5.71. The molecule has 3 saturated heterocycles. The van der Waals surface area contributed by atoms with E-state index in [0.29, 0.717) is 12.8 Å². The second-order valence-electron chi connectivity index (χ2n) is 5.96. The monoisotopic (exact) mass is 259 g/mol. The third-order valence-corrected chi connectivity index (χ3v) is 6.86. The summed E-state index contributed by atoms with van der Waals surface area (Å²) in [5.41, 5.74) is -2.35. The third kappa shape index (κ3) is 0.750. The molecule has 94 valence electrons. The molecule has 0 aromatic carbocycles. The number of esters is 1. The molecule has 4 unspecified atom stereocenters. The van der Waals surface area contributed by atoms with E-state index in [2.05, 4.69) is 0 Å². The Labute approximate surface area is 98.9 Å². The second-order valence-corrected chi connectivity index (χ2v) is 7.74. The van der Waals surface area contributed by atoms with Gasteiger partial charge in [0, 0.05) is 5.41 Å². The second kappa shape index (κ2) is 2.26. The van der Waals surface area contributed by atoms with Gasteiger partial charge in [-0.2, -0.15) is 0 Å². The van der Waals surface area contributed by atoms with Gasteiger partial charge in [0.25, 0.3) is 5.72 Å². The molecular weight excluding hydrogens is 246 g/mol. The van der Waals surface area contributed by atoms with Crippen LogP contribution >= 0.6 is 0 Å². The Bertz CT molecular complexity index is 555. The number of nitrogens with zero attached hydrogens (tertiary/aromatic N) is 1. The minimum atomic E-state index is -3.48. The van der Waals surface area contributed by atoms with E-state index in [-0.39, 0.29) is 17.3 Å².